The zero-order chi connectivity index (χ0) is 19.2. The molecule has 26 heavy (non-hydrogen) atoms. The lowest BCUT2D eigenvalue weighted by Gasteiger charge is -2.03. The van der Waals surface area contributed by atoms with Crippen LogP contribution in [0.1, 0.15) is 31.2 Å². The summed E-state index contributed by atoms with van der Waals surface area (Å²) in [6.45, 7) is 1.97. The first-order valence-electron chi connectivity index (χ1n) is 7.99. The highest BCUT2D eigenvalue weighted by molar-refractivity contribution is 7.90. The van der Waals surface area contributed by atoms with Crippen LogP contribution < -0.4 is 4.72 Å². The summed E-state index contributed by atoms with van der Waals surface area (Å²) in [5, 5.41) is 6.71. The summed E-state index contributed by atoms with van der Waals surface area (Å²) in [7, 11) is -7.12. The predicted octanol–water partition coefficient (Wildman–Crippen LogP) is 1.44. The van der Waals surface area contributed by atoms with Gasteiger partial charge in [0.2, 0.25) is 25.8 Å². The number of benzene rings is 1. The van der Waals surface area contributed by atoms with E-state index in [1.165, 1.54) is 24.3 Å². The van der Waals surface area contributed by atoms with Crippen molar-refractivity contribution in [2.24, 2.45) is 0 Å². The molecule has 144 valence electrons. The number of sulfonamides is 1. The number of hydrogen-bond donors (Lipinski definition) is 1. The zero-order valence-corrected chi connectivity index (χ0v) is 15.8. The van der Waals surface area contributed by atoms with Gasteiger partial charge in [-0.25, -0.2) is 25.9 Å². The normalized spacial score (nSPS) is 12.4. The summed E-state index contributed by atoms with van der Waals surface area (Å²) in [5.74, 6) is -0.677. The van der Waals surface area contributed by atoms with Crippen molar-refractivity contribution in [3.8, 4) is 0 Å². The summed E-state index contributed by atoms with van der Waals surface area (Å²) in [6, 6.07) is 5.08. The van der Waals surface area contributed by atoms with Crippen molar-refractivity contribution in [1.29, 1.82) is 0 Å². The number of hydrogen-bond acceptors (Lipinski definition) is 7. The molecule has 1 heterocycles. The van der Waals surface area contributed by atoms with Crippen molar-refractivity contribution < 1.29 is 25.6 Å². The van der Waals surface area contributed by atoms with Crippen molar-refractivity contribution in [3.63, 3.8) is 0 Å². The van der Waals surface area contributed by atoms with Crippen LogP contribution >= 0.6 is 0 Å². The smallest absolute Gasteiger partial charge is 0.335 e. The molecule has 2 aromatic rings. The predicted molar refractivity (Wildman–Crippen MR) is 92.0 cm³/mol. The molecule has 0 spiro atoms. The molecule has 1 aromatic heterocycles. The van der Waals surface area contributed by atoms with E-state index in [1.54, 1.807) is 6.92 Å². The van der Waals surface area contributed by atoms with E-state index < -0.39 is 30.9 Å². The molecular formula is C15H20FN3O5S2. The zero-order valence-electron chi connectivity index (χ0n) is 14.2. The Bertz CT molecular complexity index is 924. The molecule has 0 amide bonds. The number of aryl methyl sites for hydroxylation is 1. The highest BCUT2D eigenvalue weighted by Gasteiger charge is 2.23. The third kappa shape index (κ3) is 6.15. The second-order valence-electron chi connectivity index (χ2n) is 5.66. The number of sulfone groups is 1. The first-order valence-corrected chi connectivity index (χ1v) is 11.3. The standard InChI is InChI=1S/C15H20FN3O5S2/c1-2-10-26(22,23)17-9-3-4-14-18-19-15(24-14)25(20,21)11-12-5-7-13(16)8-6-12/h5-8,17H,2-4,9-11H2,1H3. The fourth-order valence-electron chi connectivity index (χ4n) is 2.13. The summed E-state index contributed by atoms with van der Waals surface area (Å²) in [5.41, 5.74) is 0.400. The Kier molecular flexibility index (Phi) is 6.84. The van der Waals surface area contributed by atoms with E-state index in [0.717, 1.165) is 0 Å². The topological polar surface area (TPSA) is 119 Å². The van der Waals surface area contributed by atoms with Crippen LogP contribution in [-0.2, 0) is 32.0 Å². The van der Waals surface area contributed by atoms with Gasteiger partial charge in [0, 0.05) is 13.0 Å². The molecule has 0 radical (unpaired) electrons. The van der Waals surface area contributed by atoms with E-state index in [2.05, 4.69) is 14.9 Å². The molecule has 1 aromatic carbocycles. The summed E-state index contributed by atoms with van der Waals surface area (Å²) < 4.78 is 68.0. The molecule has 0 aliphatic rings. The molecule has 0 aliphatic carbocycles. The van der Waals surface area contributed by atoms with Crippen molar-refractivity contribution >= 4 is 19.9 Å². The minimum Gasteiger partial charge on any atom is -0.413 e. The van der Waals surface area contributed by atoms with Crippen LogP contribution in [0.15, 0.2) is 33.9 Å². The molecule has 2 rings (SSSR count). The van der Waals surface area contributed by atoms with E-state index in [0.29, 0.717) is 18.4 Å². The highest BCUT2D eigenvalue weighted by Crippen LogP contribution is 2.16. The Morgan fingerprint density at radius 3 is 2.46 bits per heavy atom. The van der Waals surface area contributed by atoms with Gasteiger partial charge in [0.1, 0.15) is 5.82 Å². The molecule has 0 saturated heterocycles. The van der Waals surface area contributed by atoms with E-state index >= 15 is 0 Å². The number of nitrogens with one attached hydrogen (secondary N) is 1. The Labute approximate surface area is 151 Å². The molecule has 0 atom stereocenters. The number of halogens is 1. The van der Waals surface area contributed by atoms with Crippen LogP contribution in [0.5, 0.6) is 0 Å². The average molecular weight is 405 g/mol. The van der Waals surface area contributed by atoms with Gasteiger partial charge in [-0.3, -0.25) is 0 Å². The lowest BCUT2D eigenvalue weighted by Crippen LogP contribution is -2.27. The Balaban J connectivity index is 1.91. The summed E-state index contributed by atoms with van der Waals surface area (Å²) in [6.07, 6.45) is 1.16. The van der Waals surface area contributed by atoms with Crippen molar-refractivity contribution in [2.45, 2.75) is 37.2 Å². The van der Waals surface area contributed by atoms with E-state index in [4.69, 9.17) is 4.42 Å². The minimum absolute atomic E-state index is 0.0549. The maximum atomic E-state index is 12.9. The van der Waals surface area contributed by atoms with Gasteiger partial charge in [-0.1, -0.05) is 24.2 Å². The highest BCUT2D eigenvalue weighted by atomic mass is 32.2. The second kappa shape index (κ2) is 8.69. The molecule has 0 aliphatic heterocycles. The van der Waals surface area contributed by atoms with E-state index in [-0.39, 0.29) is 30.4 Å². The quantitative estimate of drug-likeness (QED) is 0.594. The van der Waals surface area contributed by atoms with Gasteiger partial charge in [0.15, 0.2) is 0 Å². The van der Waals surface area contributed by atoms with Gasteiger partial charge < -0.3 is 4.42 Å². The average Bonchev–Trinajstić information content (AvgIpc) is 3.03. The van der Waals surface area contributed by atoms with Gasteiger partial charge in [-0.05, 0) is 30.5 Å². The van der Waals surface area contributed by atoms with Crippen LogP contribution in [0.3, 0.4) is 0 Å². The van der Waals surface area contributed by atoms with Crippen LogP contribution in [0.25, 0.3) is 0 Å². The number of nitrogens with zero attached hydrogens (tertiary/aromatic N) is 2. The van der Waals surface area contributed by atoms with Gasteiger partial charge in [0.25, 0.3) is 0 Å². The summed E-state index contributed by atoms with van der Waals surface area (Å²) >= 11 is 0. The Morgan fingerprint density at radius 2 is 1.81 bits per heavy atom. The van der Waals surface area contributed by atoms with Gasteiger partial charge in [-0.2, -0.15) is 0 Å². The van der Waals surface area contributed by atoms with Crippen LogP contribution in [0.4, 0.5) is 4.39 Å². The third-order valence-electron chi connectivity index (χ3n) is 3.35. The maximum absolute atomic E-state index is 12.9. The van der Waals surface area contributed by atoms with Gasteiger partial charge in [0.05, 0.1) is 11.5 Å². The summed E-state index contributed by atoms with van der Waals surface area (Å²) in [4.78, 5) is 0. The Hall–Kier alpha value is -1.85. The molecule has 1 N–H and O–H groups in total. The lowest BCUT2D eigenvalue weighted by atomic mass is 10.2. The van der Waals surface area contributed by atoms with Crippen molar-refractivity contribution in [3.05, 3.63) is 41.5 Å². The maximum Gasteiger partial charge on any atom is 0.335 e. The molecule has 0 unspecified atom stereocenters. The van der Waals surface area contributed by atoms with Crippen LogP contribution in [0, 0.1) is 5.82 Å². The molecule has 0 saturated carbocycles. The Morgan fingerprint density at radius 1 is 1.12 bits per heavy atom. The minimum atomic E-state index is -3.84. The van der Waals surface area contributed by atoms with Gasteiger partial charge in [-0.15, -0.1) is 5.10 Å². The number of aromatic nitrogens is 2. The van der Waals surface area contributed by atoms with Crippen molar-refractivity contribution in [2.75, 3.05) is 12.3 Å². The van der Waals surface area contributed by atoms with E-state index in [1.807, 2.05) is 0 Å². The number of rotatable bonds is 10. The monoisotopic (exact) mass is 405 g/mol. The van der Waals surface area contributed by atoms with Crippen LogP contribution in [-0.4, -0.2) is 39.3 Å². The second-order valence-corrected chi connectivity index (χ2v) is 9.46. The largest absolute Gasteiger partial charge is 0.413 e. The molecule has 0 fully saturated rings. The molecular weight excluding hydrogens is 385 g/mol. The first kappa shape index (κ1) is 20.5. The van der Waals surface area contributed by atoms with Crippen LogP contribution in [0.2, 0.25) is 0 Å². The SMILES string of the molecule is CCCS(=O)(=O)NCCCc1nnc(S(=O)(=O)Cc2ccc(F)cc2)o1. The molecule has 0 bridgehead atoms. The lowest BCUT2D eigenvalue weighted by molar-refractivity contribution is 0.393. The fourth-order valence-corrected chi connectivity index (χ4v) is 4.42. The van der Waals surface area contributed by atoms with Gasteiger partial charge >= 0.3 is 5.22 Å². The van der Waals surface area contributed by atoms with Crippen molar-refractivity contribution in [1.82, 2.24) is 14.9 Å². The first-order chi connectivity index (χ1) is 12.2. The fraction of sp³-hybridized carbons (Fsp3) is 0.467. The van der Waals surface area contributed by atoms with E-state index in [9.17, 15) is 21.2 Å². The molecule has 11 heteroatoms. The molecule has 8 nitrogen and oxygen atoms in total. The third-order valence-corrected chi connectivity index (χ3v) is 6.35.